The van der Waals surface area contributed by atoms with Crippen LogP contribution in [0, 0.1) is 31.5 Å². The first-order chi connectivity index (χ1) is 14.8. The van der Waals surface area contributed by atoms with E-state index in [0.29, 0.717) is 19.0 Å². The zero-order valence-corrected chi connectivity index (χ0v) is 18.3. The van der Waals surface area contributed by atoms with E-state index in [-0.39, 0.29) is 35.9 Å². The van der Waals surface area contributed by atoms with E-state index in [9.17, 15) is 14.0 Å². The Labute approximate surface area is 182 Å². The van der Waals surface area contributed by atoms with Crippen LogP contribution in [-0.4, -0.2) is 39.8 Å². The van der Waals surface area contributed by atoms with Gasteiger partial charge in [-0.2, -0.15) is 0 Å². The van der Waals surface area contributed by atoms with Crippen LogP contribution >= 0.6 is 0 Å². The van der Waals surface area contributed by atoms with E-state index in [1.807, 2.05) is 18.7 Å². The highest BCUT2D eigenvalue weighted by atomic mass is 19.1. The number of aryl methyl sites for hydroxylation is 2. The molecular weight excluding hydrogens is 395 g/mol. The molecular formula is C24H29FN4O2. The Morgan fingerprint density at radius 1 is 1.16 bits per heavy atom. The average molecular weight is 425 g/mol. The van der Waals surface area contributed by atoms with E-state index in [1.54, 1.807) is 12.1 Å². The molecule has 0 unspecified atom stereocenters. The van der Waals surface area contributed by atoms with Gasteiger partial charge in [-0.3, -0.25) is 9.59 Å². The lowest BCUT2D eigenvalue weighted by Gasteiger charge is -2.17. The van der Waals surface area contributed by atoms with Gasteiger partial charge in [0.1, 0.15) is 11.6 Å². The van der Waals surface area contributed by atoms with Crippen LogP contribution in [0.25, 0.3) is 0 Å². The highest BCUT2D eigenvalue weighted by molar-refractivity contribution is 5.82. The molecule has 4 rings (SSSR count). The molecule has 1 saturated heterocycles. The first kappa shape index (κ1) is 21.4. The summed E-state index contributed by atoms with van der Waals surface area (Å²) in [4.78, 5) is 36.3. The summed E-state index contributed by atoms with van der Waals surface area (Å²) < 4.78 is 13.0. The molecule has 0 bridgehead atoms. The summed E-state index contributed by atoms with van der Waals surface area (Å²) in [5.41, 5.74) is 3.29. The monoisotopic (exact) mass is 424 g/mol. The summed E-state index contributed by atoms with van der Waals surface area (Å²) in [6.45, 7) is 7.73. The molecule has 2 heterocycles. The Balaban J connectivity index is 1.36. The van der Waals surface area contributed by atoms with Crippen molar-refractivity contribution in [3.63, 3.8) is 0 Å². The van der Waals surface area contributed by atoms with Crippen LogP contribution in [0.1, 0.15) is 54.0 Å². The van der Waals surface area contributed by atoms with Crippen LogP contribution in [0.3, 0.4) is 0 Å². The highest BCUT2D eigenvalue weighted by Gasteiger charge is 2.43. The minimum Gasteiger partial charge on any atom is -0.352 e. The third-order valence-electron chi connectivity index (χ3n) is 6.47. The second kappa shape index (κ2) is 8.73. The van der Waals surface area contributed by atoms with Crippen LogP contribution in [0.5, 0.6) is 0 Å². The molecule has 6 nitrogen and oxygen atoms in total. The number of likely N-dealkylation sites (tertiary alicyclic amines) is 1. The van der Waals surface area contributed by atoms with Gasteiger partial charge >= 0.3 is 0 Å². The molecule has 1 aliphatic carbocycles. The fourth-order valence-corrected chi connectivity index (χ4v) is 4.30. The third kappa shape index (κ3) is 4.92. The molecule has 1 aliphatic heterocycles. The van der Waals surface area contributed by atoms with Crippen molar-refractivity contribution in [1.82, 2.24) is 20.2 Å². The lowest BCUT2D eigenvalue weighted by molar-refractivity contribution is -0.131. The van der Waals surface area contributed by atoms with Gasteiger partial charge in [-0.05, 0) is 50.3 Å². The number of nitrogens with one attached hydrogen (secondary N) is 1. The van der Waals surface area contributed by atoms with Gasteiger partial charge in [0.15, 0.2) is 0 Å². The predicted octanol–water partition coefficient (Wildman–Crippen LogP) is 3.06. The molecule has 164 valence electrons. The molecule has 2 aromatic rings. The largest absolute Gasteiger partial charge is 0.352 e. The van der Waals surface area contributed by atoms with Gasteiger partial charge in [0.05, 0.1) is 6.42 Å². The van der Waals surface area contributed by atoms with E-state index in [4.69, 9.17) is 9.97 Å². The van der Waals surface area contributed by atoms with Crippen molar-refractivity contribution in [2.45, 2.75) is 52.5 Å². The standard InChI is InChI=1S/C24H29FN4O2/c1-14-10-20(14)24(31)29-9-8-18(13-29)23-27-15(2)21(16(3)28-23)11-22(30)26-12-17-4-6-19(25)7-5-17/h4-7,14,18,20H,8-13H2,1-3H3,(H,26,30)/t14-,18+,20-/m0/s1. The summed E-state index contributed by atoms with van der Waals surface area (Å²) >= 11 is 0. The molecule has 2 fully saturated rings. The zero-order chi connectivity index (χ0) is 22.1. The topological polar surface area (TPSA) is 75.2 Å². The number of benzene rings is 1. The van der Waals surface area contributed by atoms with Crippen LogP contribution in [0.15, 0.2) is 24.3 Å². The number of rotatable bonds is 6. The van der Waals surface area contributed by atoms with Crippen LogP contribution < -0.4 is 5.32 Å². The Morgan fingerprint density at radius 3 is 2.42 bits per heavy atom. The second-order valence-corrected chi connectivity index (χ2v) is 8.90. The summed E-state index contributed by atoms with van der Waals surface area (Å²) in [5, 5.41) is 2.87. The normalized spacial score (nSPS) is 22.5. The van der Waals surface area contributed by atoms with Crippen molar-refractivity contribution in [1.29, 1.82) is 0 Å². The molecule has 2 aliphatic rings. The molecule has 1 aromatic carbocycles. The van der Waals surface area contributed by atoms with Crippen LogP contribution in [-0.2, 0) is 22.6 Å². The molecule has 2 amide bonds. The van der Waals surface area contributed by atoms with E-state index < -0.39 is 0 Å². The van der Waals surface area contributed by atoms with Gasteiger partial charge < -0.3 is 10.2 Å². The molecule has 7 heteroatoms. The number of amides is 2. The van der Waals surface area contributed by atoms with E-state index in [0.717, 1.165) is 47.7 Å². The Morgan fingerprint density at radius 2 is 1.81 bits per heavy atom. The maximum absolute atomic E-state index is 13.0. The van der Waals surface area contributed by atoms with Gasteiger partial charge in [-0.15, -0.1) is 0 Å². The molecule has 1 saturated carbocycles. The Kier molecular flexibility index (Phi) is 6.03. The Bertz CT molecular complexity index is 969. The first-order valence-corrected chi connectivity index (χ1v) is 11.0. The first-order valence-electron chi connectivity index (χ1n) is 11.0. The second-order valence-electron chi connectivity index (χ2n) is 8.90. The lowest BCUT2D eigenvalue weighted by atomic mass is 10.0. The number of hydrogen-bond donors (Lipinski definition) is 1. The maximum Gasteiger partial charge on any atom is 0.225 e. The van der Waals surface area contributed by atoms with Crippen molar-refractivity contribution in [2.75, 3.05) is 13.1 Å². The van der Waals surface area contributed by atoms with Gasteiger partial charge in [0.2, 0.25) is 11.8 Å². The van der Waals surface area contributed by atoms with Crippen molar-refractivity contribution >= 4 is 11.8 Å². The fourth-order valence-electron chi connectivity index (χ4n) is 4.30. The van der Waals surface area contributed by atoms with Crippen LogP contribution in [0.4, 0.5) is 4.39 Å². The van der Waals surface area contributed by atoms with Crippen molar-refractivity contribution in [3.8, 4) is 0 Å². The van der Waals surface area contributed by atoms with Gasteiger partial charge in [-0.1, -0.05) is 19.1 Å². The number of hydrogen-bond acceptors (Lipinski definition) is 4. The summed E-state index contributed by atoms with van der Waals surface area (Å²) in [6.07, 6.45) is 2.09. The minimum atomic E-state index is -0.296. The highest BCUT2D eigenvalue weighted by Crippen LogP contribution is 2.40. The van der Waals surface area contributed by atoms with Crippen LogP contribution in [0.2, 0.25) is 0 Å². The number of nitrogens with zero attached hydrogens (tertiary/aromatic N) is 3. The van der Waals surface area contributed by atoms with E-state index in [1.165, 1.54) is 12.1 Å². The third-order valence-corrected chi connectivity index (χ3v) is 6.47. The number of aromatic nitrogens is 2. The SMILES string of the molecule is Cc1nc([C@@H]2CCN(C(=O)[C@H]3C[C@@H]3C)C2)nc(C)c1CC(=O)NCc1ccc(F)cc1. The van der Waals surface area contributed by atoms with Gasteiger partial charge in [0, 0.05) is 48.4 Å². The summed E-state index contributed by atoms with van der Waals surface area (Å²) in [5.74, 6) is 1.50. The van der Waals surface area contributed by atoms with Gasteiger partial charge in [0.25, 0.3) is 0 Å². The van der Waals surface area contributed by atoms with Gasteiger partial charge in [-0.25, -0.2) is 14.4 Å². The summed E-state index contributed by atoms with van der Waals surface area (Å²) in [7, 11) is 0. The smallest absolute Gasteiger partial charge is 0.225 e. The number of carbonyl (C=O) groups excluding carboxylic acids is 2. The molecule has 0 spiro atoms. The minimum absolute atomic E-state index is 0.122. The van der Waals surface area contributed by atoms with E-state index >= 15 is 0 Å². The molecule has 0 radical (unpaired) electrons. The maximum atomic E-state index is 13.0. The Hall–Kier alpha value is -2.83. The van der Waals surface area contributed by atoms with Crippen molar-refractivity contribution < 1.29 is 14.0 Å². The predicted molar refractivity (Wildman–Crippen MR) is 115 cm³/mol. The lowest BCUT2D eigenvalue weighted by Crippen LogP contribution is -2.30. The molecule has 3 atom stereocenters. The summed E-state index contributed by atoms with van der Waals surface area (Å²) in [6, 6.07) is 6.07. The van der Waals surface area contributed by atoms with Crippen molar-refractivity contribution in [3.05, 3.63) is 58.4 Å². The fraction of sp³-hybridized carbons (Fsp3) is 0.500. The quantitative estimate of drug-likeness (QED) is 0.773. The number of carbonyl (C=O) groups is 2. The zero-order valence-electron chi connectivity index (χ0n) is 18.3. The molecule has 31 heavy (non-hydrogen) atoms. The average Bonchev–Trinajstić information content (AvgIpc) is 3.26. The molecule has 1 aromatic heterocycles. The number of halogens is 1. The van der Waals surface area contributed by atoms with E-state index in [2.05, 4.69) is 12.2 Å². The molecule has 1 N–H and O–H groups in total. The van der Waals surface area contributed by atoms with Crippen molar-refractivity contribution in [2.24, 2.45) is 11.8 Å².